The van der Waals surface area contributed by atoms with E-state index in [0.717, 1.165) is 16.7 Å². The molecule has 0 saturated heterocycles. The van der Waals surface area contributed by atoms with E-state index in [2.05, 4.69) is 0 Å². The largest absolute Gasteiger partial charge is 0.497 e. The van der Waals surface area contributed by atoms with Gasteiger partial charge < -0.3 is 20.1 Å². The van der Waals surface area contributed by atoms with Gasteiger partial charge in [-0.1, -0.05) is 0 Å². The Morgan fingerprint density at radius 2 is 2.25 bits per heavy atom. The summed E-state index contributed by atoms with van der Waals surface area (Å²) in [7, 11) is 1.65. The lowest BCUT2D eigenvalue weighted by Crippen LogP contribution is -2.29. The molecule has 1 aromatic heterocycles. The summed E-state index contributed by atoms with van der Waals surface area (Å²) in [5.41, 5.74) is 6.82. The van der Waals surface area contributed by atoms with Crippen LogP contribution in [0.3, 0.4) is 0 Å². The zero-order valence-electron chi connectivity index (χ0n) is 9.26. The number of methoxy groups -OCH3 is 1. The second-order valence-electron chi connectivity index (χ2n) is 3.84. The fourth-order valence-electron chi connectivity index (χ4n) is 1.77. The van der Waals surface area contributed by atoms with E-state index in [1.807, 2.05) is 35.0 Å². The van der Waals surface area contributed by atoms with E-state index in [9.17, 15) is 0 Å². The van der Waals surface area contributed by atoms with E-state index in [0.29, 0.717) is 6.54 Å². The van der Waals surface area contributed by atoms with Gasteiger partial charge in [0.05, 0.1) is 13.7 Å². The Labute approximate surface area is 94.2 Å². The summed E-state index contributed by atoms with van der Waals surface area (Å²) in [6.45, 7) is 0.613. The highest BCUT2D eigenvalue weighted by Crippen LogP contribution is 2.21. The van der Waals surface area contributed by atoms with Gasteiger partial charge in [-0.25, -0.2) is 0 Å². The van der Waals surface area contributed by atoms with Gasteiger partial charge in [0.1, 0.15) is 5.75 Å². The lowest BCUT2D eigenvalue weighted by atomic mass is 10.2. The maximum atomic E-state index is 8.93. The van der Waals surface area contributed by atoms with Gasteiger partial charge in [-0.05, 0) is 24.3 Å². The number of ether oxygens (including phenoxy) is 1. The van der Waals surface area contributed by atoms with Crippen molar-refractivity contribution in [2.45, 2.75) is 12.6 Å². The molecule has 0 spiro atoms. The van der Waals surface area contributed by atoms with Gasteiger partial charge in [-0.15, -0.1) is 0 Å². The molecule has 0 saturated carbocycles. The average Bonchev–Trinajstić information content (AvgIpc) is 2.71. The van der Waals surface area contributed by atoms with E-state index in [1.165, 1.54) is 0 Å². The highest BCUT2D eigenvalue weighted by atomic mass is 16.5. The van der Waals surface area contributed by atoms with Crippen molar-refractivity contribution >= 4 is 10.9 Å². The molecule has 0 amide bonds. The predicted octanol–water partition coefficient (Wildman–Crippen LogP) is 0.969. The Morgan fingerprint density at radius 3 is 2.94 bits per heavy atom. The molecule has 0 unspecified atom stereocenters. The van der Waals surface area contributed by atoms with E-state index in [-0.39, 0.29) is 12.6 Å². The Kier molecular flexibility index (Phi) is 3.12. The first-order valence-corrected chi connectivity index (χ1v) is 5.24. The molecular weight excluding hydrogens is 204 g/mol. The van der Waals surface area contributed by atoms with Gasteiger partial charge in [0.2, 0.25) is 0 Å². The summed E-state index contributed by atoms with van der Waals surface area (Å²) >= 11 is 0. The minimum Gasteiger partial charge on any atom is -0.497 e. The Morgan fingerprint density at radius 1 is 1.44 bits per heavy atom. The van der Waals surface area contributed by atoms with Crippen molar-refractivity contribution in [1.82, 2.24) is 4.57 Å². The van der Waals surface area contributed by atoms with Crippen molar-refractivity contribution in [2.24, 2.45) is 5.73 Å². The molecule has 0 fully saturated rings. The first-order valence-electron chi connectivity index (χ1n) is 5.24. The fraction of sp³-hybridized carbons (Fsp3) is 0.333. The van der Waals surface area contributed by atoms with Crippen LogP contribution in [0.1, 0.15) is 0 Å². The van der Waals surface area contributed by atoms with Crippen LogP contribution in [0.2, 0.25) is 0 Å². The van der Waals surface area contributed by atoms with E-state index >= 15 is 0 Å². The third-order valence-electron chi connectivity index (χ3n) is 2.64. The number of nitrogens with two attached hydrogens (primary N) is 1. The van der Waals surface area contributed by atoms with Crippen LogP contribution in [-0.4, -0.2) is 29.4 Å². The maximum absolute atomic E-state index is 8.93. The minimum atomic E-state index is -0.224. The van der Waals surface area contributed by atoms with Crippen molar-refractivity contribution in [3.05, 3.63) is 30.5 Å². The highest BCUT2D eigenvalue weighted by Gasteiger charge is 2.06. The lowest BCUT2D eigenvalue weighted by molar-refractivity contribution is 0.255. The van der Waals surface area contributed by atoms with Crippen LogP contribution in [0.5, 0.6) is 5.75 Å². The van der Waals surface area contributed by atoms with Crippen molar-refractivity contribution in [1.29, 1.82) is 0 Å². The standard InChI is InChI=1S/C12H16N2O2/c1-16-11-2-3-12-9(6-11)4-5-14(12)7-10(13)8-15/h2-6,10,15H,7-8,13H2,1H3/t10-/m0/s1. The van der Waals surface area contributed by atoms with Crippen LogP contribution >= 0.6 is 0 Å². The predicted molar refractivity (Wildman–Crippen MR) is 63.6 cm³/mol. The van der Waals surface area contributed by atoms with Gasteiger partial charge in [-0.3, -0.25) is 0 Å². The summed E-state index contributed by atoms with van der Waals surface area (Å²) in [6.07, 6.45) is 1.97. The number of hydrogen-bond acceptors (Lipinski definition) is 3. The summed E-state index contributed by atoms with van der Waals surface area (Å²) < 4.78 is 7.20. The summed E-state index contributed by atoms with van der Waals surface area (Å²) in [4.78, 5) is 0. The second kappa shape index (κ2) is 4.55. The molecule has 0 aliphatic carbocycles. The van der Waals surface area contributed by atoms with Crippen LogP contribution in [-0.2, 0) is 6.54 Å². The SMILES string of the molecule is COc1ccc2c(ccn2C[C@H](N)CO)c1. The first-order chi connectivity index (χ1) is 7.74. The van der Waals surface area contributed by atoms with Gasteiger partial charge in [0.25, 0.3) is 0 Å². The Bertz CT molecular complexity index is 479. The summed E-state index contributed by atoms with van der Waals surface area (Å²) in [5.74, 6) is 0.844. The fourth-order valence-corrected chi connectivity index (χ4v) is 1.77. The molecule has 1 heterocycles. The topological polar surface area (TPSA) is 60.4 Å². The van der Waals surface area contributed by atoms with E-state index in [1.54, 1.807) is 7.11 Å². The molecule has 0 aliphatic heterocycles. The van der Waals surface area contributed by atoms with E-state index in [4.69, 9.17) is 15.6 Å². The zero-order chi connectivity index (χ0) is 11.5. The maximum Gasteiger partial charge on any atom is 0.119 e. The lowest BCUT2D eigenvalue weighted by Gasteiger charge is -2.10. The molecule has 86 valence electrons. The molecule has 2 aromatic rings. The molecule has 3 N–H and O–H groups in total. The van der Waals surface area contributed by atoms with Gasteiger partial charge >= 0.3 is 0 Å². The van der Waals surface area contributed by atoms with Gasteiger partial charge in [0.15, 0.2) is 0 Å². The van der Waals surface area contributed by atoms with Crippen LogP contribution in [0.25, 0.3) is 10.9 Å². The number of aliphatic hydroxyl groups excluding tert-OH is 1. The van der Waals surface area contributed by atoms with Gasteiger partial charge in [0, 0.05) is 29.7 Å². The molecule has 4 heteroatoms. The van der Waals surface area contributed by atoms with Gasteiger partial charge in [-0.2, -0.15) is 0 Å². The number of aromatic nitrogens is 1. The smallest absolute Gasteiger partial charge is 0.119 e. The Hall–Kier alpha value is -1.52. The molecule has 0 aliphatic rings. The van der Waals surface area contributed by atoms with Crippen LogP contribution in [0, 0.1) is 0 Å². The molecule has 1 aromatic carbocycles. The molecular formula is C12H16N2O2. The molecule has 0 bridgehead atoms. The first kappa shape index (κ1) is 11.0. The molecule has 0 radical (unpaired) electrons. The summed E-state index contributed by atoms with van der Waals surface area (Å²) in [5, 5.41) is 10.0. The second-order valence-corrected chi connectivity index (χ2v) is 3.84. The van der Waals surface area contributed by atoms with Crippen LogP contribution < -0.4 is 10.5 Å². The monoisotopic (exact) mass is 220 g/mol. The number of fused-ring (bicyclic) bond motifs is 1. The number of hydrogen-bond donors (Lipinski definition) is 2. The Balaban J connectivity index is 2.34. The van der Waals surface area contributed by atoms with Crippen molar-refractivity contribution in [3.63, 3.8) is 0 Å². The number of aliphatic hydroxyl groups is 1. The quantitative estimate of drug-likeness (QED) is 0.807. The molecule has 4 nitrogen and oxygen atoms in total. The third kappa shape index (κ3) is 2.03. The number of benzene rings is 1. The third-order valence-corrected chi connectivity index (χ3v) is 2.64. The van der Waals surface area contributed by atoms with Crippen molar-refractivity contribution in [3.8, 4) is 5.75 Å². The normalized spacial score (nSPS) is 12.9. The number of nitrogens with zero attached hydrogens (tertiary/aromatic N) is 1. The highest BCUT2D eigenvalue weighted by molar-refractivity contribution is 5.81. The molecule has 16 heavy (non-hydrogen) atoms. The number of rotatable bonds is 4. The van der Waals surface area contributed by atoms with E-state index < -0.39 is 0 Å². The molecule has 1 atom stereocenters. The molecule has 2 rings (SSSR count). The van der Waals surface area contributed by atoms with Crippen LogP contribution in [0.4, 0.5) is 0 Å². The van der Waals surface area contributed by atoms with Crippen molar-refractivity contribution in [2.75, 3.05) is 13.7 Å². The van der Waals surface area contributed by atoms with Crippen LogP contribution in [0.15, 0.2) is 30.5 Å². The average molecular weight is 220 g/mol. The zero-order valence-corrected chi connectivity index (χ0v) is 9.26. The summed E-state index contributed by atoms with van der Waals surface area (Å²) in [6, 6.07) is 7.69. The van der Waals surface area contributed by atoms with Crippen molar-refractivity contribution < 1.29 is 9.84 Å². The minimum absolute atomic E-state index is 0.00414.